The van der Waals surface area contributed by atoms with Crippen LogP contribution >= 0.6 is 0 Å². The van der Waals surface area contributed by atoms with Gasteiger partial charge >= 0.3 is 0 Å². The van der Waals surface area contributed by atoms with Gasteiger partial charge in [-0.3, -0.25) is 14.0 Å². The molecule has 1 aromatic carbocycles. The van der Waals surface area contributed by atoms with Crippen LogP contribution in [0.4, 0.5) is 4.39 Å². The molecule has 5 nitrogen and oxygen atoms in total. The molecule has 0 aliphatic carbocycles. The lowest BCUT2D eigenvalue weighted by atomic mass is 10.1. The minimum absolute atomic E-state index is 0.125. The molecular weight excluding hydrogens is 273 g/mol. The lowest BCUT2D eigenvalue weighted by Gasteiger charge is -2.17. The summed E-state index contributed by atoms with van der Waals surface area (Å²) < 4.78 is 12.1. The molecule has 1 rings (SSSR count). The maximum Gasteiger partial charge on any atom is 0.251 e. The number of rotatable bonds is 8. The fraction of sp³-hybridized carbons (Fsp3) is 0.400. The molecule has 0 saturated carbocycles. The number of halogens is 1. The second kappa shape index (κ2) is 9.48. The van der Waals surface area contributed by atoms with E-state index in [1.807, 2.05) is 0 Å². The van der Waals surface area contributed by atoms with Gasteiger partial charge in [0.25, 0.3) is 5.91 Å². The van der Waals surface area contributed by atoms with Gasteiger partial charge in [0.15, 0.2) is 0 Å². The number of unbranched alkanes of at least 4 members (excludes halogenated alkanes) is 1. The lowest BCUT2D eigenvalue weighted by Crippen LogP contribution is -2.46. The maximum atomic E-state index is 12.1. The first-order chi connectivity index (χ1) is 10.2. The number of nitriles is 1. The molecule has 2 amide bonds. The Kier molecular flexibility index (Phi) is 7.51. The predicted molar refractivity (Wildman–Crippen MR) is 76.1 cm³/mol. The highest BCUT2D eigenvalue weighted by atomic mass is 19.1. The Bertz CT molecular complexity index is 499. The average Bonchev–Trinajstić information content (AvgIpc) is 2.52. The van der Waals surface area contributed by atoms with E-state index in [0.29, 0.717) is 24.8 Å². The molecule has 0 spiro atoms. The number of hydrogen-bond donors (Lipinski definition) is 2. The van der Waals surface area contributed by atoms with Gasteiger partial charge < -0.3 is 10.6 Å². The molecule has 0 radical (unpaired) electrons. The molecule has 0 saturated heterocycles. The van der Waals surface area contributed by atoms with E-state index in [9.17, 15) is 14.0 Å². The Morgan fingerprint density at radius 3 is 2.57 bits per heavy atom. The summed E-state index contributed by atoms with van der Waals surface area (Å²) in [6.07, 6.45) is 1.15. The van der Waals surface area contributed by atoms with Gasteiger partial charge in [-0.2, -0.15) is 5.26 Å². The van der Waals surface area contributed by atoms with Crippen molar-refractivity contribution in [3.05, 3.63) is 35.9 Å². The van der Waals surface area contributed by atoms with Gasteiger partial charge in [0, 0.05) is 5.56 Å². The topological polar surface area (TPSA) is 82.0 Å². The quantitative estimate of drug-likeness (QED) is 0.563. The summed E-state index contributed by atoms with van der Waals surface area (Å²) in [5.74, 6) is -0.798. The van der Waals surface area contributed by atoms with E-state index in [1.54, 1.807) is 36.4 Å². The number of benzene rings is 1. The SMILES string of the molecule is N#CCNC(=O)C(CCCCF)NC(=O)c1ccccc1. The molecule has 6 heteroatoms. The zero-order chi connectivity index (χ0) is 15.5. The Balaban J connectivity index is 2.65. The van der Waals surface area contributed by atoms with Gasteiger partial charge in [-0.1, -0.05) is 18.2 Å². The van der Waals surface area contributed by atoms with Gasteiger partial charge in [-0.05, 0) is 31.4 Å². The van der Waals surface area contributed by atoms with Crippen LogP contribution in [0.3, 0.4) is 0 Å². The van der Waals surface area contributed by atoms with E-state index >= 15 is 0 Å². The summed E-state index contributed by atoms with van der Waals surface area (Å²) in [4.78, 5) is 23.9. The average molecular weight is 291 g/mol. The number of nitrogens with zero attached hydrogens (tertiary/aromatic N) is 1. The van der Waals surface area contributed by atoms with Gasteiger partial charge in [0.2, 0.25) is 5.91 Å². The van der Waals surface area contributed by atoms with Crippen molar-refractivity contribution >= 4 is 11.8 Å². The first-order valence-electron chi connectivity index (χ1n) is 6.75. The molecular formula is C15H18FN3O2. The number of amides is 2. The molecule has 0 aromatic heterocycles. The third-order valence-electron chi connectivity index (χ3n) is 2.88. The number of carbonyl (C=O) groups excluding carboxylic acids is 2. The fourth-order valence-electron chi connectivity index (χ4n) is 1.79. The predicted octanol–water partition coefficient (Wildman–Crippen LogP) is 1.56. The molecule has 2 N–H and O–H groups in total. The third kappa shape index (κ3) is 6.04. The number of alkyl halides is 1. The van der Waals surface area contributed by atoms with Crippen molar-refractivity contribution in [3.8, 4) is 6.07 Å². The van der Waals surface area contributed by atoms with E-state index in [4.69, 9.17) is 5.26 Å². The largest absolute Gasteiger partial charge is 0.341 e. The van der Waals surface area contributed by atoms with Gasteiger partial charge in [0.1, 0.15) is 12.6 Å². The number of nitrogens with one attached hydrogen (secondary N) is 2. The first kappa shape index (κ1) is 16.6. The van der Waals surface area contributed by atoms with E-state index < -0.39 is 18.6 Å². The fourth-order valence-corrected chi connectivity index (χ4v) is 1.79. The normalized spacial score (nSPS) is 11.2. The van der Waals surface area contributed by atoms with Crippen LogP contribution in [-0.2, 0) is 4.79 Å². The number of carbonyl (C=O) groups is 2. The minimum atomic E-state index is -0.766. The van der Waals surface area contributed by atoms with E-state index in [0.717, 1.165) is 0 Å². The summed E-state index contributed by atoms with van der Waals surface area (Å²) in [7, 11) is 0. The van der Waals surface area contributed by atoms with Crippen LogP contribution in [0.5, 0.6) is 0 Å². The maximum absolute atomic E-state index is 12.1. The van der Waals surface area contributed by atoms with Crippen molar-refractivity contribution in [1.82, 2.24) is 10.6 Å². The minimum Gasteiger partial charge on any atom is -0.341 e. The summed E-state index contributed by atoms with van der Waals surface area (Å²) >= 11 is 0. The first-order valence-corrected chi connectivity index (χ1v) is 6.75. The zero-order valence-electron chi connectivity index (χ0n) is 11.6. The van der Waals surface area contributed by atoms with Crippen molar-refractivity contribution in [2.24, 2.45) is 0 Å². The zero-order valence-corrected chi connectivity index (χ0v) is 11.6. The van der Waals surface area contributed by atoms with Crippen molar-refractivity contribution in [1.29, 1.82) is 5.26 Å². The third-order valence-corrected chi connectivity index (χ3v) is 2.88. The van der Waals surface area contributed by atoms with Crippen LogP contribution in [0.15, 0.2) is 30.3 Å². The molecule has 0 fully saturated rings. The molecule has 1 aromatic rings. The molecule has 0 aliphatic heterocycles. The molecule has 1 unspecified atom stereocenters. The molecule has 0 bridgehead atoms. The summed E-state index contributed by atoms with van der Waals surface area (Å²) in [5.41, 5.74) is 0.445. The van der Waals surface area contributed by atoms with Crippen molar-refractivity contribution in [2.75, 3.05) is 13.2 Å². The van der Waals surface area contributed by atoms with Crippen LogP contribution in [0.2, 0.25) is 0 Å². The highest BCUT2D eigenvalue weighted by Crippen LogP contribution is 2.05. The van der Waals surface area contributed by atoms with Crippen LogP contribution in [0.25, 0.3) is 0 Å². The molecule has 0 heterocycles. The van der Waals surface area contributed by atoms with Crippen LogP contribution in [0.1, 0.15) is 29.6 Å². The summed E-state index contributed by atoms with van der Waals surface area (Å²) in [6, 6.07) is 9.55. The molecule has 1 atom stereocenters. The second-order valence-electron chi connectivity index (χ2n) is 4.45. The monoisotopic (exact) mass is 291 g/mol. The standard InChI is InChI=1S/C15H18FN3O2/c16-9-5-4-8-13(15(21)18-11-10-17)19-14(20)12-6-2-1-3-7-12/h1-3,6-7,13H,4-5,8-9,11H2,(H,18,21)(H,19,20). The van der Waals surface area contributed by atoms with Crippen LogP contribution in [0, 0.1) is 11.3 Å². The van der Waals surface area contributed by atoms with Crippen LogP contribution < -0.4 is 10.6 Å². The van der Waals surface area contributed by atoms with Crippen molar-refractivity contribution in [3.63, 3.8) is 0 Å². The highest BCUT2D eigenvalue weighted by Gasteiger charge is 2.20. The van der Waals surface area contributed by atoms with Gasteiger partial charge in [-0.15, -0.1) is 0 Å². The summed E-state index contributed by atoms with van der Waals surface area (Å²) in [6.45, 7) is -0.585. The Morgan fingerprint density at radius 2 is 1.95 bits per heavy atom. The molecule has 21 heavy (non-hydrogen) atoms. The molecule has 0 aliphatic rings. The summed E-state index contributed by atoms with van der Waals surface area (Å²) in [5, 5.41) is 13.5. The van der Waals surface area contributed by atoms with Crippen LogP contribution in [-0.4, -0.2) is 31.1 Å². The molecule has 112 valence electrons. The van der Waals surface area contributed by atoms with Gasteiger partial charge in [0.05, 0.1) is 12.7 Å². The van der Waals surface area contributed by atoms with Gasteiger partial charge in [-0.25, -0.2) is 0 Å². The Morgan fingerprint density at radius 1 is 1.24 bits per heavy atom. The second-order valence-corrected chi connectivity index (χ2v) is 4.45. The van der Waals surface area contributed by atoms with Crippen molar-refractivity contribution in [2.45, 2.75) is 25.3 Å². The van der Waals surface area contributed by atoms with E-state index in [-0.39, 0.29) is 12.5 Å². The van der Waals surface area contributed by atoms with Crippen molar-refractivity contribution < 1.29 is 14.0 Å². The number of hydrogen-bond acceptors (Lipinski definition) is 3. The van der Waals surface area contributed by atoms with E-state index in [1.165, 1.54) is 0 Å². The Labute approximate surface area is 123 Å². The van der Waals surface area contributed by atoms with E-state index in [2.05, 4.69) is 10.6 Å². The highest BCUT2D eigenvalue weighted by molar-refractivity contribution is 5.97. The lowest BCUT2D eigenvalue weighted by molar-refractivity contribution is -0.122. The smallest absolute Gasteiger partial charge is 0.251 e. The Hall–Kier alpha value is -2.42.